The molecule has 0 saturated carbocycles. The molecule has 4 nitrogen and oxygen atoms in total. The molecule has 1 saturated heterocycles. The molecule has 6 heteroatoms. The van der Waals surface area contributed by atoms with Crippen LogP contribution in [0.3, 0.4) is 0 Å². The molecule has 2 heterocycles. The molecular weight excluding hydrogens is 292 g/mol. The third-order valence-electron chi connectivity index (χ3n) is 2.46. The van der Waals surface area contributed by atoms with Crippen molar-refractivity contribution in [3.8, 4) is 0 Å². The zero-order valence-electron chi connectivity index (χ0n) is 8.46. The van der Waals surface area contributed by atoms with Gasteiger partial charge in [0.25, 0.3) is 0 Å². The molecule has 0 spiro atoms. The van der Waals surface area contributed by atoms with Crippen molar-refractivity contribution in [3.63, 3.8) is 0 Å². The zero-order chi connectivity index (χ0) is 11.5. The fourth-order valence-corrected chi connectivity index (χ4v) is 2.99. The summed E-state index contributed by atoms with van der Waals surface area (Å²) in [6, 6.07) is 1.95. The summed E-state index contributed by atoms with van der Waals surface area (Å²) in [5.41, 5.74) is 0. The van der Waals surface area contributed by atoms with Gasteiger partial charge >= 0.3 is 0 Å². The summed E-state index contributed by atoms with van der Waals surface area (Å²) in [7, 11) is 0. The molecule has 0 radical (unpaired) electrons. The molecule has 0 aromatic carbocycles. The monoisotopic (exact) mass is 302 g/mol. The van der Waals surface area contributed by atoms with E-state index in [1.165, 1.54) is 0 Å². The second-order valence-corrected chi connectivity index (χ2v) is 5.47. The fraction of sp³-hybridized carbons (Fsp3) is 0.400. The van der Waals surface area contributed by atoms with Gasteiger partial charge in [-0.1, -0.05) is 0 Å². The predicted molar refractivity (Wildman–Crippen MR) is 65.0 cm³/mol. The third-order valence-corrected chi connectivity index (χ3v) is 4.39. The van der Waals surface area contributed by atoms with Gasteiger partial charge in [-0.3, -0.25) is 9.59 Å². The van der Waals surface area contributed by atoms with Gasteiger partial charge in [0.2, 0.25) is 11.8 Å². The van der Waals surface area contributed by atoms with E-state index in [2.05, 4.69) is 26.6 Å². The van der Waals surface area contributed by atoms with Gasteiger partial charge in [-0.25, -0.2) is 0 Å². The number of rotatable bonds is 3. The SMILES string of the molecule is O=C1CC(C(=O)NCc2sccc2Br)CN1. The molecule has 16 heavy (non-hydrogen) atoms. The number of halogens is 1. The second-order valence-electron chi connectivity index (χ2n) is 3.61. The number of amides is 2. The van der Waals surface area contributed by atoms with Crippen LogP contribution >= 0.6 is 27.3 Å². The highest BCUT2D eigenvalue weighted by Crippen LogP contribution is 2.22. The average molecular weight is 303 g/mol. The highest BCUT2D eigenvalue weighted by Gasteiger charge is 2.27. The van der Waals surface area contributed by atoms with Gasteiger partial charge in [0.1, 0.15) is 0 Å². The Hall–Kier alpha value is -0.880. The number of hydrogen-bond donors (Lipinski definition) is 2. The lowest BCUT2D eigenvalue weighted by Crippen LogP contribution is -2.31. The highest BCUT2D eigenvalue weighted by molar-refractivity contribution is 9.10. The maximum Gasteiger partial charge on any atom is 0.225 e. The number of thiophene rings is 1. The molecule has 1 aliphatic heterocycles. The average Bonchev–Trinajstić information content (AvgIpc) is 2.84. The van der Waals surface area contributed by atoms with Crippen LogP contribution in [0.4, 0.5) is 0 Å². The van der Waals surface area contributed by atoms with E-state index in [1.807, 2.05) is 11.4 Å². The molecule has 2 N–H and O–H groups in total. The van der Waals surface area contributed by atoms with Gasteiger partial charge in [-0.15, -0.1) is 11.3 Å². The Balaban J connectivity index is 1.84. The first-order valence-electron chi connectivity index (χ1n) is 4.93. The minimum Gasteiger partial charge on any atom is -0.355 e. The van der Waals surface area contributed by atoms with E-state index in [0.717, 1.165) is 9.35 Å². The maximum atomic E-state index is 11.7. The molecule has 1 atom stereocenters. The number of carbonyl (C=O) groups excluding carboxylic acids is 2. The first kappa shape index (κ1) is 11.6. The Bertz CT molecular complexity index is 419. The van der Waals surface area contributed by atoms with Crippen molar-refractivity contribution in [2.24, 2.45) is 5.92 Å². The van der Waals surface area contributed by atoms with Crippen LogP contribution in [0, 0.1) is 5.92 Å². The summed E-state index contributed by atoms with van der Waals surface area (Å²) in [6.45, 7) is 0.970. The van der Waals surface area contributed by atoms with Crippen LogP contribution in [0.1, 0.15) is 11.3 Å². The minimum atomic E-state index is -0.216. The molecule has 0 bridgehead atoms. The van der Waals surface area contributed by atoms with Crippen molar-refractivity contribution >= 4 is 39.1 Å². The molecule has 2 amide bonds. The van der Waals surface area contributed by atoms with Crippen LogP contribution in [0.5, 0.6) is 0 Å². The first-order valence-corrected chi connectivity index (χ1v) is 6.60. The number of hydrogen-bond acceptors (Lipinski definition) is 3. The number of carbonyl (C=O) groups is 2. The molecule has 0 aliphatic carbocycles. The zero-order valence-corrected chi connectivity index (χ0v) is 10.9. The lowest BCUT2D eigenvalue weighted by molar-refractivity contribution is -0.126. The standard InChI is InChI=1S/C10H11BrN2O2S/c11-7-1-2-16-8(7)5-13-10(15)6-3-9(14)12-4-6/h1-2,6H,3-5H2,(H,12,14)(H,13,15). The van der Waals surface area contributed by atoms with Crippen molar-refractivity contribution in [1.29, 1.82) is 0 Å². The Labute approximate surface area is 106 Å². The van der Waals surface area contributed by atoms with Gasteiger partial charge in [-0.2, -0.15) is 0 Å². The van der Waals surface area contributed by atoms with E-state index in [1.54, 1.807) is 11.3 Å². The third kappa shape index (κ3) is 2.62. The molecule has 86 valence electrons. The summed E-state index contributed by atoms with van der Waals surface area (Å²) in [5.74, 6) is -0.317. The van der Waals surface area contributed by atoms with Crippen LogP contribution in [0.15, 0.2) is 15.9 Å². The van der Waals surface area contributed by atoms with Crippen molar-refractivity contribution in [3.05, 3.63) is 20.8 Å². The molecule has 1 aromatic heterocycles. The van der Waals surface area contributed by atoms with Gasteiger partial charge in [-0.05, 0) is 27.4 Å². The van der Waals surface area contributed by atoms with E-state index in [0.29, 0.717) is 19.5 Å². The van der Waals surface area contributed by atoms with Crippen molar-refractivity contribution in [2.75, 3.05) is 6.54 Å². The van der Waals surface area contributed by atoms with Crippen LogP contribution < -0.4 is 10.6 Å². The Morgan fingerprint density at radius 1 is 1.69 bits per heavy atom. The lowest BCUT2D eigenvalue weighted by Gasteiger charge is -2.08. The summed E-state index contributed by atoms with van der Waals surface area (Å²) in [6.07, 6.45) is 0.303. The van der Waals surface area contributed by atoms with Gasteiger partial charge in [0.15, 0.2) is 0 Å². The van der Waals surface area contributed by atoms with E-state index >= 15 is 0 Å². The van der Waals surface area contributed by atoms with E-state index in [4.69, 9.17) is 0 Å². The Kier molecular flexibility index (Phi) is 3.60. The normalized spacial score (nSPS) is 19.6. The van der Waals surface area contributed by atoms with Crippen molar-refractivity contribution in [2.45, 2.75) is 13.0 Å². The molecule has 2 rings (SSSR count). The molecule has 1 aliphatic rings. The largest absolute Gasteiger partial charge is 0.355 e. The Morgan fingerprint density at radius 3 is 3.06 bits per heavy atom. The Morgan fingerprint density at radius 2 is 2.50 bits per heavy atom. The van der Waals surface area contributed by atoms with Crippen LogP contribution in [-0.4, -0.2) is 18.4 Å². The maximum absolute atomic E-state index is 11.7. The van der Waals surface area contributed by atoms with E-state index in [-0.39, 0.29) is 17.7 Å². The second kappa shape index (κ2) is 4.97. The smallest absolute Gasteiger partial charge is 0.225 e. The van der Waals surface area contributed by atoms with Gasteiger partial charge in [0, 0.05) is 22.3 Å². The molecule has 1 aromatic rings. The quantitative estimate of drug-likeness (QED) is 0.883. The van der Waals surface area contributed by atoms with E-state index < -0.39 is 0 Å². The highest BCUT2D eigenvalue weighted by atomic mass is 79.9. The predicted octanol–water partition coefficient (Wildman–Crippen LogP) is 1.26. The van der Waals surface area contributed by atoms with Crippen LogP contribution in [-0.2, 0) is 16.1 Å². The topological polar surface area (TPSA) is 58.2 Å². The molecule has 1 unspecified atom stereocenters. The summed E-state index contributed by atoms with van der Waals surface area (Å²) in [4.78, 5) is 23.7. The molecular formula is C10H11BrN2O2S. The minimum absolute atomic E-state index is 0.0440. The van der Waals surface area contributed by atoms with Crippen LogP contribution in [0.2, 0.25) is 0 Å². The summed E-state index contributed by atoms with van der Waals surface area (Å²) in [5, 5.41) is 7.45. The first-order chi connectivity index (χ1) is 7.66. The fourth-order valence-electron chi connectivity index (χ4n) is 1.55. The van der Waals surface area contributed by atoms with Gasteiger partial charge < -0.3 is 10.6 Å². The molecule has 1 fully saturated rings. The summed E-state index contributed by atoms with van der Waals surface area (Å²) < 4.78 is 1.01. The lowest BCUT2D eigenvalue weighted by atomic mass is 10.1. The number of nitrogens with one attached hydrogen (secondary N) is 2. The summed E-state index contributed by atoms with van der Waals surface area (Å²) >= 11 is 4.99. The van der Waals surface area contributed by atoms with Gasteiger partial charge in [0.05, 0.1) is 12.5 Å². The van der Waals surface area contributed by atoms with Crippen molar-refractivity contribution in [1.82, 2.24) is 10.6 Å². The van der Waals surface area contributed by atoms with Crippen LogP contribution in [0.25, 0.3) is 0 Å². The van der Waals surface area contributed by atoms with Crippen molar-refractivity contribution < 1.29 is 9.59 Å². The van der Waals surface area contributed by atoms with E-state index in [9.17, 15) is 9.59 Å².